The number of carbonyl (C=O) groups is 1. The molecule has 126 valence electrons. The largest absolute Gasteiger partial charge is 0.409 e. The van der Waals surface area contributed by atoms with Gasteiger partial charge in [-0.25, -0.2) is 31.1 Å². The molecule has 2 amide bonds. The molecule has 0 aliphatic carbocycles. The number of halogens is 3. The highest BCUT2D eigenvalue weighted by Crippen LogP contribution is 2.35. The number of nitrogens with one attached hydrogen (secondary N) is 2. The molecule has 0 rings (SSSR count). The van der Waals surface area contributed by atoms with E-state index in [9.17, 15) is 34.8 Å². The summed E-state index contributed by atoms with van der Waals surface area (Å²) in [6.07, 6.45) is -5.15. The number of amides is 2. The van der Waals surface area contributed by atoms with Crippen LogP contribution in [0.3, 0.4) is 0 Å². The summed E-state index contributed by atoms with van der Waals surface area (Å²) < 4.78 is 81.9. The Morgan fingerprint density at radius 3 is 1.43 bits per heavy atom. The number of hydrogen-bond donors (Lipinski definition) is 2. The number of carbonyl (C=O) groups excluding carboxylic acids is 1. The fourth-order valence-corrected chi connectivity index (χ4v) is 2.22. The van der Waals surface area contributed by atoms with Gasteiger partial charge in [0.25, 0.3) is 10.0 Å². The number of hydrogen-bond acceptors (Lipinski definition) is 5. The van der Waals surface area contributed by atoms with Crippen LogP contribution in [0.25, 0.3) is 0 Å². The Hall–Kier alpha value is -1.04. The van der Waals surface area contributed by atoms with E-state index in [4.69, 9.17) is 0 Å². The average Bonchev–Trinajstić information content (AvgIpc) is 2.10. The van der Waals surface area contributed by atoms with Gasteiger partial charge < -0.3 is 0 Å². The molecule has 0 aliphatic heterocycles. The molecule has 12 heteroatoms. The second-order valence-corrected chi connectivity index (χ2v) is 10.3. The molecule has 0 radical (unpaired) electrons. The lowest BCUT2D eigenvalue weighted by Gasteiger charge is -2.27. The monoisotopic (exact) mass is 354 g/mol. The molecule has 0 unspecified atom stereocenters. The van der Waals surface area contributed by atoms with Crippen molar-refractivity contribution in [1.29, 1.82) is 0 Å². The first-order chi connectivity index (χ1) is 8.85. The van der Waals surface area contributed by atoms with Gasteiger partial charge in [0.05, 0.1) is 4.75 Å². The molecular weight excluding hydrogens is 337 g/mol. The van der Waals surface area contributed by atoms with Crippen molar-refractivity contribution in [2.75, 3.05) is 0 Å². The van der Waals surface area contributed by atoms with Crippen LogP contribution >= 0.6 is 0 Å². The molecular formula is C9H17F3N2O5S2. The SMILES string of the molecule is CC(C)(C)S(=O)(=O)NC(=O)NS(=O)(=O)C(C)(C)C(F)(F)F. The third-order valence-corrected chi connectivity index (χ3v) is 6.71. The van der Waals surface area contributed by atoms with Crippen LogP contribution < -0.4 is 9.44 Å². The van der Waals surface area contributed by atoms with Crippen molar-refractivity contribution < 1.29 is 34.8 Å². The van der Waals surface area contributed by atoms with E-state index in [0.29, 0.717) is 13.8 Å². The van der Waals surface area contributed by atoms with Gasteiger partial charge in [0, 0.05) is 0 Å². The van der Waals surface area contributed by atoms with Crippen LogP contribution in [-0.2, 0) is 20.0 Å². The van der Waals surface area contributed by atoms with Crippen LogP contribution in [0.15, 0.2) is 0 Å². The Balaban J connectivity index is 5.31. The van der Waals surface area contributed by atoms with E-state index in [-0.39, 0.29) is 0 Å². The van der Waals surface area contributed by atoms with Gasteiger partial charge in [0.15, 0.2) is 4.75 Å². The minimum absolute atomic E-state index is 0.348. The van der Waals surface area contributed by atoms with Gasteiger partial charge in [0.2, 0.25) is 10.0 Å². The van der Waals surface area contributed by atoms with Crippen LogP contribution in [0.5, 0.6) is 0 Å². The maximum absolute atomic E-state index is 12.6. The average molecular weight is 354 g/mol. The predicted molar refractivity (Wildman–Crippen MR) is 69.4 cm³/mol. The minimum Gasteiger partial charge on any atom is -0.247 e. The van der Waals surface area contributed by atoms with Crippen LogP contribution in [-0.4, -0.2) is 38.5 Å². The predicted octanol–water partition coefficient (Wildman–Crippen LogP) is 1.08. The summed E-state index contributed by atoms with van der Waals surface area (Å²) in [6, 6.07) is -1.78. The Labute approximate surface area is 121 Å². The number of rotatable bonds is 3. The fourth-order valence-electron chi connectivity index (χ4n) is 0.698. The maximum Gasteiger partial charge on any atom is 0.409 e. The Kier molecular flexibility index (Phi) is 5.04. The van der Waals surface area contributed by atoms with Crippen molar-refractivity contribution in [3.8, 4) is 0 Å². The summed E-state index contributed by atoms with van der Waals surface area (Å²) >= 11 is 0. The third-order valence-electron chi connectivity index (χ3n) is 2.61. The molecule has 0 heterocycles. The number of sulfonamides is 2. The van der Waals surface area contributed by atoms with Gasteiger partial charge in [-0.05, 0) is 34.6 Å². The third kappa shape index (κ3) is 4.22. The van der Waals surface area contributed by atoms with Crippen LogP contribution in [0.4, 0.5) is 18.0 Å². The summed E-state index contributed by atoms with van der Waals surface area (Å²) in [7, 11) is -9.44. The van der Waals surface area contributed by atoms with Crippen molar-refractivity contribution in [3.05, 3.63) is 0 Å². The maximum atomic E-state index is 12.6. The molecule has 0 aromatic heterocycles. The Morgan fingerprint density at radius 2 is 1.14 bits per heavy atom. The van der Waals surface area contributed by atoms with Crippen LogP contribution in [0.1, 0.15) is 34.6 Å². The van der Waals surface area contributed by atoms with E-state index >= 15 is 0 Å². The van der Waals surface area contributed by atoms with Crippen molar-refractivity contribution in [2.45, 2.75) is 50.3 Å². The van der Waals surface area contributed by atoms with Gasteiger partial charge in [0.1, 0.15) is 0 Å². The van der Waals surface area contributed by atoms with Gasteiger partial charge in [-0.1, -0.05) is 0 Å². The molecule has 0 fully saturated rings. The van der Waals surface area contributed by atoms with Crippen molar-refractivity contribution >= 4 is 26.1 Å². The minimum atomic E-state index is -5.19. The van der Waals surface area contributed by atoms with Gasteiger partial charge in [-0.2, -0.15) is 13.2 Å². The first kappa shape index (κ1) is 20.0. The fraction of sp³-hybridized carbons (Fsp3) is 0.889. The highest BCUT2D eigenvalue weighted by Gasteiger charge is 2.57. The molecule has 0 bridgehead atoms. The topological polar surface area (TPSA) is 109 Å². The van der Waals surface area contributed by atoms with Gasteiger partial charge in [-0.3, -0.25) is 0 Å². The summed E-state index contributed by atoms with van der Waals surface area (Å²) in [6.45, 7) is 4.35. The van der Waals surface area contributed by atoms with E-state index in [1.165, 1.54) is 25.5 Å². The summed E-state index contributed by atoms with van der Waals surface area (Å²) in [5.74, 6) is 0. The molecule has 0 atom stereocenters. The lowest BCUT2D eigenvalue weighted by Crippen LogP contribution is -2.56. The second-order valence-electron chi connectivity index (χ2n) is 5.66. The number of urea groups is 1. The van der Waals surface area contributed by atoms with Gasteiger partial charge >= 0.3 is 12.2 Å². The lowest BCUT2D eigenvalue weighted by atomic mass is 10.2. The molecule has 2 N–H and O–H groups in total. The summed E-state index contributed by atoms with van der Waals surface area (Å²) in [5, 5.41) is 0. The molecule has 0 saturated heterocycles. The standard InChI is InChI=1S/C9H17F3N2O5S2/c1-7(2,3)20(16,17)13-6(15)14-21(18,19)8(4,5)9(10,11)12/h1-5H3,(H2,13,14,15). The van der Waals surface area contributed by atoms with E-state index in [1.54, 1.807) is 0 Å². The lowest BCUT2D eigenvalue weighted by molar-refractivity contribution is -0.153. The molecule has 21 heavy (non-hydrogen) atoms. The van der Waals surface area contributed by atoms with E-state index < -0.39 is 41.7 Å². The van der Waals surface area contributed by atoms with Gasteiger partial charge in [-0.15, -0.1) is 0 Å². The van der Waals surface area contributed by atoms with Crippen molar-refractivity contribution in [1.82, 2.24) is 9.44 Å². The quantitative estimate of drug-likeness (QED) is 0.788. The molecule has 7 nitrogen and oxygen atoms in total. The van der Waals surface area contributed by atoms with Crippen LogP contribution in [0, 0.1) is 0 Å². The zero-order valence-corrected chi connectivity index (χ0v) is 13.6. The zero-order chi connectivity index (χ0) is 17.5. The molecule has 0 aromatic rings. The van der Waals surface area contributed by atoms with E-state index in [2.05, 4.69) is 0 Å². The second kappa shape index (κ2) is 5.30. The van der Waals surface area contributed by atoms with Crippen molar-refractivity contribution in [3.63, 3.8) is 0 Å². The first-order valence-corrected chi connectivity index (χ1v) is 8.47. The Bertz CT molecular complexity index is 615. The summed E-state index contributed by atoms with van der Waals surface area (Å²) in [5.41, 5.74) is 0. The highest BCUT2D eigenvalue weighted by molar-refractivity contribution is 7.92. The molecule has 0 saturated carbocycles. The molecule has 0 spiro atoms. The Morgan fingerprint density at radius 1 is 0.810 bits per heavy atom. The van der Waals surface area contributed by atoms with Crippen molar-refractivity contribution in [2.24, 2.45) is 0 Å². The number of alkyl halides is 3. The van der Waals surface area contributed by atoms with E-state index in [0.717, 1.165) is 4.72 Å². The zero-order valence-electron chi connectivity index (χ0n) is 12.0. The normalized spacial score (nSPS) is 14.7. The summed E-state index contributed by atoms with van der Waals surface area (Å²) in [4.78, 5) is 11.3. The molecule has 0 aromatic carbocycles. The smallest absolute Gasteiger partial charge is 0.247 e. The first-order valence-electron chi connectivity index (χ1n) is 5.50. The van der Waals surface area contributed by atoms with E-state index in [1.807, 2.05) is 0 Å². The molecule has 0 aliphatic rings. The highest BCUT2D eigenvalue weighted by atomic mass is 32.2. The van der Waals surface area contributed by atoms with Crippen LogP contribution in [0.2, 0.25) is 0 Å².